The summed E-state index contributed by atoms with van der Waals surface area (Å²) in [5, 5.41) is 18.7. The molecule has 0 unspecified atom stereocenters. The van der Waals surface area contributed by atoms with Crippen molar-refractivity contribution in [1.82, 2.24) is 10.4 Å². The highest BCUT2D eigenvalue weighted by Gasteiger charge is 2.11. The van der Waals surface area contributed by atoms with E-state index in [0.717, 1.165) is 0 Å². The van der Waals surface area contributed by atoms with Crippen LogP contribution < -0.4 is 5.43 Å². The van der Waals surface area contributed by atoms with Crippen LogP contribution >= 0.6 is 0 Å². The number of hydrogen-bond donors (Lipinski definition) is 2. The standard InChI is InChI=1S/C4H7N5O3/c1-2-3-8(7-10)4(5)6-9(11)12/h2H,1,3H2,(H2,5,6). The van der Waals surface area contributed by atoms with E-state index in [-0.39, 0.29) is 6.54 Å². The van der Waals surface area contributed by atoms with E-state index < -0.39 is 11.0 Å². The Morgan fingerprint density at radius 1 is 1.92 bits per heavy atom. The van der Waals surface area contributed by atoms with Gasteiger partial charge in [-0.2, -0.15) is 5.01 Å². The molecule has 12 heavy (non-hydrogen) atoms. The first kappa shape index (κ1) is 10.0. The maximum absolute atomic E-state index is 9.94. The normalized spacial score (nSPS) is 8.33. The van der Waals surface area contributed by atoms with E-state index in [0.29, 0.717) is 5.01 Å². The molecule has 2 N–H and O–H groups in total. The Morgan fingerprint density at radius 2 is 2.50 bits per heavy atom. The zero-order valence-electron chi connectivity index (χ0n) is 6.06. The fourth-order valence-corrected chi connectivity index (χ4v) is 0.432. The Morgan fingerprint density at radius 3 is 2.83 bits per heavy atom. The van der Waals surface area contributed by atoms with Crippen LogP contribution in [0, 0.1) is 20.4 Å². The third-order valence-electron chi connectivity index (χ3n) is 0.856. The molecule has 0 radical (unpaired) electrons. The second kappa shape index (κ2) is 4.77. The van der Waals surface area contributed by atoms with Crippen molar-refractivity contribution in [3.05, 3.63) is 27.7 Å². The van der Waals surface area contributed by atoms with Gasteiger partial charge in [-0.25, -0.2) is 10.1 Å². The monoisotopic (exact) mass is 173 g/mol. The number of hydrogen-bond acceptors (Lipinski definition) is 5. The molecule has 0 spiro atoms. The molecule has 8 nitrogen and oxygen atoms in total. The molecule has 0 saturated heterocycles. The molecule has 0 aromatic carbocycles. The number of hydrazine groups is 1. The third kappa shape index (κ3) is 3.25. The second-order valence-electron chi connectivity index (χ2n) is 1.67. The summed E-state index contributed by atoms with van der Waals surface area (Å²) in [6, 6.07) is 0. The van der Waals surface area contributed by atoms with Gasteiger partial charge in [-0.1, -0.05) is 11.5 Å². The van der Waals surface area contributed by atoms with Gasteiger partial charge in [-0.3, -0.25) is 5.41 Å². The minimum absolute atomic E-state index is 0.0524. The molecular formula is C4H7N5O3. The van der Waals surface area contributed by atoms with Crippen LogP contribution in [0.4, 0.5) is 0 Å². The maximum Gasteiger partial charge on any atom is 0.277 e. The highest BCUT2D eigenvalue weighted by atomic mass is 16.7. The Hall–Kier alpha value is -1.99. The molecule has 0 aliphatic rings. The Balaban J connectivity index is 4.11. The van der Waals surface area contributed by atoms with Crippen LogP contribution in [0.5, 0.6) is 0 Å². The number of nitroso groups, excluding NO2 is 1. The lowest BCUT2D eigenvalue weighted by Gasteiger charge is -2.09. The van der Waals surface area contributed by atoms with E-state index in [1.165, 1.54) is 11.5 Å². The minimum atomic E-state index is -0.955. The van der Waals surface area contributed by atoms with Crippen LogP contribution in [0.2, 0.25) is 0 Å². The van der Waals surface area contributed by atoms with Crippen molar-refractivity contribution >= 4 is 5.96 Å². The molecule has 0 aromatic heterocycles. The quantitative estimate of drug-likeness (QED) is 0.153. The zero-order chi connectivity index (χ0) is 9.56. The van der Waals surface area contributed by atoms with Crippen molar-refractivity contribution in [3.63, 3.8) is 0 Å². The van der Waals surface area contributed by atoms with Gasteiger partial charge in [0.2, 0.25) is 0 Å². The van der Waals surface area contributed by atoms with Crippen molar-refractivity contribution in [2.45, 2.75) is 0 Å². The number of nitrogens with one attached hydrogen (secondary N) is 2. The number of rotatable bonds is 4. The lowest BCUT2D eigenvalue weighted by molar-refractivity contribution is -0.526. The van der Waals surface area contributed by atoms with Crippen LogP contribution in [0.15, 0.2) is 17.9 Å². The second-order valence-corrected chi connectivity index (χ2v) is 1.67. The highest BCUT2D eigenvalue weighted by Crippen LogP contribution is 1.88. The molecule has 0 aromatic rings. The molecule has 8 heteroatoms. The molecule has 0 bridgehead atoms. The van der Waals surface area contributed by atoms with Gasteiger partial charge in [0.1, 0.15) is 0 Å². The van der Waals surface area contributed by atoms with Gasteiger partial charge >= 0.3 is 0 Å². The van der Waals surface area contributed by atoms with Crippen LogP contribution in [-0.2, 0) is 0 Å². The van der Waals surface area contributed by atoms with Gasteiger partial charge in [0.25, 0.3) is 5.96 Å². The van der Waals surface area contributed by atoms with Crippen LogP contribution in [-0.4, -0.2) is 22.5 Å². The van der Waals surface area contributed by atoms with E-state index in [1.807, 2.05) is 0 Å². The van der Waals surface area contributed by atoms with Crippen molar-refractivity contribution < 1.29 is 5.03 Å². The van der Waals surface area contributed by atoms with Gasteiger partial charge in [-0.15, -0.1) is 11.5 Å². The molecule has 0 aliphatic carbocycles. The van der Waals surface area contributed by atoms with E-state index in [4.69, 9.17) is 5.41 Å². The van der Waals surface area contributed by atoms with E-state index >= 15 is 0 Å². The van der Waals surface area contributed by atoms with Gasteiger partial charge in [0.15, 0.2) is 5.03 Å². The Labute approximate surface area is 67.4 Å². The molecule has 0 amide bonds. The van der Waals surface area contributed by atoms with Crippen molar-refractivity contribution in [3.8, 4) is 0 Å². The zero-order valence-corrected chi connectivity index (χ0v) is 6.06. The van der Waals surface area contributed by atoms with Gasteiger partial charge < -0.3 is 0 Å². The first-order valence-electron chi connectivity index (χ1n) is 2.83. The fraction of sp³-hybridized carbons (Fsp3) is 0.250. The minimum Gasteiger partial charge on any atom is -0.263 e. The van der Waals surface area contributed by atoms with E-state index in [1.54, 1.807) is 0 Å². The lowest BCUT2D eigenvalue weighted by Crippen LogP contribution is -2.40. The highest BCUT2D eigenvalue weighted by molar-refractivity contribution is 5.75. The number of nitro groups is 1. The number of guanidine groups is 1. The topological polar surface area (TPSA) is 112 Å². The summed E-state index contributed by atoms with van der Waals surface area (Å²) in [5.74, 6) is -0.699. The first-order valence-corrected chi connectivity index (χ1v) is 2.83. The SMILES string of the molecule is C=CCN(N=O)C(=N)N[N+](=O)[O-]. The van der Waals surface area contributed by atoms with E-state index in [2.05, 4.69) is 11.9 Å². The summed E-state index contributed by atoms with van der Waals surface area (Å²) in [4.78, 5) is 19.7. The molecule has 0 heterocycles. The predicted molar refractivity (Wildman–Crippen MR) is 40.6 cm³/mol. The molecule has 0 fully saturated rings. The number of nitrogens with zero attached hydrogens (tertiary/aromatic N) is 3. The predicted octanol–water partition coefficient (Wildman–Crippen LogP) is -0.128. The van der Waals surface area contributed by atoms with Gasteiger partial charge in [-0.05, 0) is 0 Å². The largest absolute Gasteiger partial charge is 0.277 e. The average molecular weight is 173 g/mol. The first-order chi connectivity index (χ1) is 5.61. The summed E-state index contributed by atoms with van der Waals surface area (Å²) >= 11 is 0. The van der Waals surface area contributed by atoms with Crippen molar-refractivity contribution in [2.24, 2.45) is 5.29 Å². The van der Waals surface area contributed by atoms with Crippen LogP contribution in [0.3, 0.4) is 0 Å². The van der Waals surface area contributed by atoms with Crippen molar-refractivity contribution in [2.75, 3.05) is 6.54 Å². The molecule has 0 rings (SSSR count). The molecule has 0 saturated carbocycles. The summed E-state index contributed by atoms with van der Waals surface area (Å²) in [6.45, 7) is 3.22. The third-order valence-corrected chi connectivity index (χ3v) is 0.856. The fourth-order valence-electron chi connectivity index (χ4n) is 0.432. The molecule has 66 valence electrons. The van der Waals surface area contributed by atoms with Crippen LogP contribution in [0.1, 0.15) is 0 Å². The van der Waals surface area contributed by atoms with E-state index in [9.17, 15) is 15.0 Å². The lowest BCUT2D eigenvalue weighted by atomic mass is 10.6. The smallest absolute Gasteiger partial charge is 0.263 e. The van der Waals surface area contributed by atoms with Gasteiger partial charge in [0, 0.05) is 0 Å². The summed E-state index contributed by atoms with van der Waals surface area (Å²) in [6.07, 6.45) is 1.29. The summed E-state index contributed by atoms with van der Waals surface area (Å²) < 4.78 is 0. The summed E-state index contributed by atoms with van der Waals surface area (Å²) in [7, 11) is 0. The Bertz CT molecular complexity index is 215. The van der Waals surface area contributed by atoms with Gasteiger partial charge in [0.05, 0.1) is 11.8 Å². The molecule has 0 atom stereocenters. The maximum atomic E-state index is 9.94. The van der Waals surface area contributed by atoms with Crippen LogP contribution in [0.25, 0.3) is 0 Å². The van der Waals surface area contributed by atoms with Crippen molar-refractivity contribution in [1.29, 1.82) is 5.41 Å². The summed E-state index contributed by atoms with van der Waals surface area (Å²) in [5.41, 5.74) is 1.47. The average Bonchev–Trinajstić information content (AvgIpc) is 1.98. The molecule has 0 aliphatic heterocycles. The molecular weight excluding hydrogens is 166 g/mol. The Kier molecular flexibility index (Phi) is 3.98.